The van der Waals surface area contributed by atoms with Crippen molar-refractivity contribution in [1.29, 1.82) is 0 Å². The number of fused-ring (bicyclic) bond motifs is 1. The van der Waals surface area contributed by atoms with Crippen molar-refractivity contribution in [1.82, 2.24) is 10.2 Å². The summed E-state index contributed by atoms with van der Waals surface area (Å²) in [5, 5.41) is 3.60. The van der Waals surface area contributed by atoms with Gasteiger partial charge in [0.2, 0.25) is 0 Å². The van der Waals surface area contributed by atoms with Crippen molar-refractivity contribution >= 4 is 16.9 Å². The molecule has 2 aromatic rings. The van der Waals surface area contributed by atoms with E-state index >= 15 is 0 Å². The second kappa shape index (κ2) is 7.10. The number of benzene rings is 1. The molecule has 0 saturated carbocycles. The Balaban J connectivity index is 1.69. The van der Waals surface area contributed by atoms with Crippen molar-refractivity contribution in [3.8, 4) is 0 Å². The molecule has 1 N–H and O–H groups in total. The topological polar surface area (TPSA) is 54.7 Å². The summed E-state index contributed by atoms with van der Waals surface area (Å²) in [6.07, 6.45) is 3.41. The summed E-state index contributed by atoms with van der Waals surface area (Å²) in [5.74, 6) is -0.725. The van der Waals surface area contributed by atoms with Crippen LogP contribution in [-0.4, -0.2) is 50.2 Å². The summed E-state index contributed by atoms with van der Waals surface area (Å²) < 4.78 is 24.1. The first kappa shape index (κ1) is 16.0. The molecule has 2 heterocycles. The zero-order chi connectivity index (χ0) is 16.2. The lowest BCUT2D eigenvalue weighted by atomic mass is 10.0. The van der Waals surface area contributed by atoms with E-state index in [4.69, 9.17) is 9.15 Å². The molecule has 1 atom stereocenters. The Hall–Kier alpha value is -1.92. The third kappa shape index (κ3) is 3.71. The van der Waals surface area contributed by atoms with E-state index in [1.54, 1.807) is 13.2 Å². The number of nitrogens with one attached hydrogen (secondary N) is 1. The third-order valence-corrected chi connectivity index (χ3v) is 4.21. The third-order valence-electron chi connectivity index (χ3n) is 4.21. The summed E-state index contributed by atoms with van der Waals surface area (Å²) in [5.41, 5.74) is 0.676. The number of amides is 1. The number of rotatable bonds is 5. The minimum Gasteiger partial charge on any atom is -0.464 e. The fraction of sp³-hybridized carbons (Fsp3) is 0.471. The normalized spacial score (nSPS) is 19.1. The van der Waals surface area contributed by atoms with E-state index in [9.17, 15) is 9.18 Å². The van der Waals surface area contributed by atoms with E-state index in [0.29, 0.717) is 17.6 Å². The molecule has 6 heteroatoms. The van der Waals surface area contributed by atoms with Crippen molar-refractivity contribution in [2.45, 2.75) is 18.9 Å². The van der Waals surface area contributed by atoms with Gasteiger partial charge in [-0.3, -0.25) is 9.69 Å². The lowest BCUT2D eigenvalue weighted by Crippen LogP contribution is -2.48. The molecule has 23 heavy (non-hydrogen) atoms. The number of carbonyl (C=O) groups excluding carboxylic acids is 1. The highest BCUT2D eigenvalue weighted by Gasteiger charge is 2.23. The summed E-state index contributed by atoms with van der Waals surface area (Å²) in [6, 6.07) is 4.30. The molecule has 1 aromatic carbocycles. The van der Waals surface area contributed by atoms with Gasteiger partial charge in [0.25, 0.3) is 5.91 Å². The zero-order valence-corrected chi connectivity index (χ0v) is 13.2. The van der Waals surface area contributed by atoms with Gasteiger partial charge in [-0.25, -0.2) is 4.39 Å². The SMILES string of the molecule is COCCN1CCC[C@H](NC(=O)c2cc(F)cc3ccoc23)C1. The molecule has 1 aliphatic heterocycles. The van der Waals surface area contributed by atoms with Crippen LogP contribution in [0, 0.1) is 5.82 Å². The molecule has 0 bridgehead atoms. The minimum absolute atomic E-state index is 0.0568. The molecule has 3 rings (SSSR count). The molecular formula is C17H21FN2O3. The van der Waals surface area contributed by atoms with Gasteiger partial charge >= 0.3 is 0 Å². The molecule has 0 radical (unpaired) electrons. The van der Waals surface area contributed by atoms with Gasteiger partial charge < -0.3 is 14.5 Å². The number of hydrogen-bond donors (Lipinski definition) is 1. The summed E-state index contributed by atoms with van der Waals surface area (Å²) in [6.45, 7) is 3.33. The number of methoxy groups -OCH3 is 1. The summed E-state index contributed by atoms with van der Waals surface area (Å²) in [4.78, 5) is 14.8. The maximum atomic E-state index is 13.7. The van der Waals surface area contributed by atoms with Gasteiger partial charge in [-0.05, 0) is 37.6 Å². The van der Waals surface area contributed by atoms with E-state index < -0.39 is 5.82 Å². The lowest BCUT2D eigenvalue weighted by molar-refractivity contribution is 0.0879. The first-order chi connectivity index (χ1) is 11.2. The number of carbonyl (C=O) groups is 1. The molecule has 1 fully saturated rings. The monoisotopic (exact) mass is 320 g/mol. The van der Waals surface area contributed by atoms with Gasteiger partial charge in [-0.15, -0.1) is 0 Å². The molecule has 0 unspecified atom stereocenters. The van der Waals surface area contributed by atoms with Crippen LogP contribution in [0.5, 0.6) is 0 Å². The van der Waals surface area contributed by atoms with E-state index in [0.717, 1.165) is 32.5 Å². The van der Waals surface area contributed by atoms with E-state index in [2.05, 4.69) is 10.2 Å². The lowest BCUT2D eigenvalue weighted by Gasteiger charge is -2.32. The second-order valence-corrected chi connectivity index (χ2v) is 5.90. The Labute approximate surface area is 134 Å². The molecule has 1 aliphatic rings. The number of piperidine rings is 1. The smallest absolute Gasteiger partial charge is 0.255 e. The molecule has 1 amide bonds. The average molecular weight is 320 g/mol. The number of likely N-dealkylation sites (tertiary alicyclic amines) is 1. The Morgan fingerprint density at radius 1 is 1.52 bits per heavy atom. The average Bonchev–Trinajstić information content (AvgIpc) is 3.00. The van der Waals surface area contributed by atoms with Gasteiger partial charge in [0.05, 0.1) is 18.4 Å². The van der Waals surface area contributed by atoms with E-state index in [1.165, 1.54) is 18.4 Å². The highest BCUT2D eigenvalue weighted by molar-refractivity contribution is 6.05. The minimum atomic E-state index is -0.436. The largest absolute Gasteiger partial charge is 0.464 e. The zero-order valence-electron chi connectivity index (χ0n) is 13.2. The van der Waals surface area contributed by atoms with E-state index in [1.807, 2.05) is 0 Å². The van der Waals surface area contributed by atoms with Crippen LogP contribution in [-0.2, 0) is 4.74 Å². The second-order valence-electron chi connectivity index (χ2n) is 5.90. The van der Waals surface area contributed by atoms with Gasteiger partial charge in [-0.1, -0.05) is 0 Å². The highest BCUT2D eigenvalue weighted by atomic mass is 19.1. The van der Waals surface area contributed by atoms with Crippen molar-refractivity contribution < 1.29 is 18.3 Å². The molecule has 0 spiro atoms. The maximum Gasteiger partial charge on any atom is 0.255 e. The fourth-order valence-electron chi connectivity index (χ4n) is 3.07. The Morgan fingerprint density at radius 3 is 3.22 bits per heavy atom. The van der Waals surface area contributed by atoms with Crippen LogP contribution in [0.3, 0.4) is 0 Å². The predicted octanol–water partition coefficient (Wildman–Crippen LogP) is 2.41. The number of ether oxygens (including phenoxy) is 1. The molecule has 0 aliphatic carbocycles. The first-order valence-corrected chi connectivity index (χ1v) is 7.86. The van der Waals surface area contributed by atoms with E-state index in [-0.39, 0.29) is 17.5 Å². The van der Waals surface area contributed by atoms with Gasteiger partial charge in [0.15, 0.2) is 0 Å². The summed E-state index contributed by atoms with van der Waals surface area (Å²) in [7, 11) is 1.68. The van der Waals surface area contributed by atoms with Crippen molar-refractivity contribution in [3.63, 3.8) is 0 Å². The van der Waals surface area contributed by atoms with Crippen LogP contribution in [0.2, 0.25) is 0 Å². The quantitative estimate of drug-likeness (QED) is 0.919. The standard InChI is InChI=1S/C17H21FN2O3/c1-22-8-6-20-5-2-3-14(11-20)19-17(21)15-10-13(18)9-12-4-7-23-16(12)15/h4,7,9-10,14H,2-3,5-6,8,11H2,1H3,(H,19,21)/t14-/m0/s1. The maximum absolute atomic E-state index is 13.7. The van der Waals surface area contributed by atoms with Crippen LogP contribution in [0.25, 0.3) is 11.0 Å². The number of nitrogens with zero attached hydrogens (tertiary/aromatic N) is 1. The van der Waals surface area contributed by atoms with Crippen LogP contribution >= 0.6 is 0 Å². The van der Waals surface area contributed by atoms with Gasteiger partial charge in [0, 0.05) is 31.6 Å². The molecule has 5 nitrogen and oxygen atoms in total. The van der Waals surface area contributed by atoms with Crippen LogP contribution < -0.4 is 5.32 Å². The van der Waals surface area contributed by atoms with Crippen LogP contribution in [0.15, 0.2) is 28.9 Å². The first-order valence-electron chi connectivity index (χ1n) is 7.86. The highest BCUT2D eigenvalue weighted by Crippen LogP contribution is 2.22. The number of hydrogen-bond acceptors (Lipinski definition) is 4. The molecule has 1 aromatic heterocycles. The molecule has 1 saturated heterocycles. The molecular weight excluding hydrogens is 299 g/mol. The van der Waals surface area contributed by atoms with Gasteiger partial charge in [0.1, 0.15) is 11.4 Å². The number of furan rings is 1. The van der Waals surface area contributed by atoms with Crippen molar-refractivity contribution in [3.05, 3.63) is 35.8 Å². The van der Waals surface area contributed by atoms with Crippen LogP contribution in [0.1, 0.15) is 23.2 Å². The molecule has 124 valence electrons. The summed E-state index contributed by atoms with van der Waals surface area (Å²) >= 11 is 0. The van der Waals surface area contributed by atoms with Crippen LogP contribution in [0.4, 0.5) is 4.39 Å². The Bertz CT molecular complexity index is 686. The Kier molecular flexibility index (Phi) is 4.93. The Morgan fingerprint density at radius 2 is 2.39 bits per heavy atom. The van der Waals surface area contributed by atoms with Crippen molar-refractivity contribution in [2.75, 3.05) is 33.4 Å². The fourth-order valence-corrected chi connectivity index (χ4v) is 3.07. The van der Waals surface area contributed by atoms with Crippen molar-refractivity contribution in [2.24, 2.45) is 0 Å². The van der Waals surface area contributed by atoms with Gasteiger partial charge in [-0.2, -0.15) is 0 Å². The predicted molar refractivity (Wildman–Crippen MR) is 85.0 cm³/mol. The number of halogens is 1.